The Morgan fingerprint density at radius 1 is 1.19 bits per heavy atom. The molecule has 0 aromatic heterocycles. The second-order valence-corrected chi connectivity index (χ2v) is 6.83. The molecule has 138 valence electrons. The van der Waals surface area contributed by atoms with Crippen LogP contribution in [0.3, 0.4) is 0 Å². The van der Waals surface area contributed by atoms with Crippen molar-refractivity contribution in [3.8, 4) is 5.75 Å². The Bertz CT molecular complexity index is 741. The number of benzene rings is 2. The molecule has 2 atom stereocenters. The van der Waals surface area contributed by atoms with Crippen molar-refractivity contribution in [2.45, 2.75) is 44.7 Å². The summed E-state index contributed by atoms with van der Waals surface area (Å²) in [5.74, 6) is 0.0570. The van der Waals surface area contributed by atoms with Gasteiger partial charge in [0.05, 0.1) is 13.2 Å². The third kappa shape index (κ3) is 3.75. The number of para-hydroxylation sites is 1. The fourth-order valence-electron chi connectivity index (χ4n) is 3.91. The molecule has 2 unspecified atom stereocenters. The van der Waals surface area contributed by atoms with Gasteiger partial charge in [-0.25, -0.2) is 0 Å². The highest BCUT2D eigenvalue weighted by Gasteiger charge is 2.36. The van der Waals surface area contributed by atoms with Crippen LogP contribution >= 0.6 is 0 Å². The largest absolute Gasteiger partial charge is 0.496 e. The van der Waals surface area contributed by atoms with Gasteiger partial charge < -0.3 is 9.84 Å². The van der Waals surface area contributed by atoms with E-state index in [1.54, 1.807) is 7.11 Å². The third-order valence-corrected chi connectivity index (χ3v) is 5.30. The smallest absolute Gasteiger partial charge is 0.320 e. The molecule has 1 fully saturated rings. The lowest BCUT2D eigenvalue weighted by atomic mass is 9.90. The van der Waals surface area contributed by atoms with Crippen molar-refractivity contribution in [2.75, 3.05) is 13.7 Å². The van der Waals surface area contributed by atoms with Crippen LogP contribution in [0.15, 0.2) is 48.5 Å². The van der Waals surface area contributed by atoms with Crippen LogP contribution in [0.5, 0.6) is 5.75 Å². The summed E-state index contributed by atoms with van der Waals surface area (Å²) in [5.41, 5.74) is 3.41. The number of carbonyl (C=O) groups is 1. The Kier molecular flexibility index (Phi) is 5.94. The fraction of sp³-hybridized carbons (Fsp3) is 0.409. The molecule has 0 spiro atoms. The molecular formula is C22H27NO3. The first-order chi connectivity index (χ1) is 12.7. The van der Waals surface area contributed by atoms with Crippen LogP contribution in [-0.2, 0) is 11.2 Å². The van der Waals surface area contributed by atoms with Gasteiger partial charge in [0.15, 0.2) is 0 Å². The molecule has 26 heavy (non-hydrogen) atoms. The zero-order valence-electron chi connectivity index (χ0n) is 15.5. The number of rotatable bonds is 6. The average molecular weight is 353 g/mol. The minimum Gasteiger partial charge on any atom is -0.496 e. The fourth-order valence-corrected chi connectivity index (χ4v) is 3.91. The van der Waals surface area contributed by atoms with Crippen LogP contribution in [0.4, 0.5) is 0 Å². The van der Waals surface area contributed by atoms with E-state index >= 15 is 0 Å². The van der Waals surface area contributed by atoms with Gasteiger partial charge in [-0.05, 0) is 43.0 Å². The van der Waals surface area contributed by atoms with E-state index < -0.39 is 12.0 Å². The van der Waals surface area contributed by atoms with Gasteiger partial charge in [-0.1, -0.05) is 55.8 Å². The first-order valence-electron chi connectivity index (χ1n) is 9.36. The van der Waals surface area contributed by atoms with Crippen molar-refractivity contribution in [2.24, 2.45) is 0 Å². The first kappa shape index (κ1) is 18.5. The van der Waals surface area contributed by atoms with E-state index in [4.69, 9.17) is 4.74 Å². The molecule has 4 heteroatoms. The van der Waals surface area contributed by atoms with Gasteiger partial charge in [-0.2, -0.15) is 0 Å². The van der Waals surface area contributed by atoms with Gasteiger partial charge in [0.25, 0.3) is 0 Å². The minimum atomic E-state index is -0.741. The number of aryl methyl sites for hydroxylation is 1. The van der Waals surface area contributed by atoms with Crippen LogP contribution in [0.25, 0.3) is 0 Å². The maximum Gasteiger partial charge on any atom is 0.320 e. The summed E-state index contributed by atoms with van der Waals surface area (Å²) in [6, 6.07) is 15.9. The van der Waals surface area contributed by atoms with E-state index in [2.05, 4.69) is 36.1 Å². The summed E-state index contributed by atoms with van der Waals surface area (Å²) in [6.45, 7) is 2.91. The quantitative estimate of drug-likeness (QED) is 0.842. The normalized spacial score (nSPS) is 19.1. The van der Waals surface area contributed by atoms with E-state index in [-0.39, 0.29) is 6.04 Å². The second-order valence-electron chi connectivity index (χ2n) is 6.83. The van der Waals surface area contributed by atoms with E-state index in [1.165, 1.54) is 5.56 Å². The molecule has 1 saturated heterocycles. The molecule has 0 radical (unpaired) electrons. The van der Waals surface area contributed by atoms with Gasteiger partial charge in [-0.3, -0.25) is 9.69 Å². The van der Waals surface area contributed by atoms with Crippen molar-refractivity contribution >= 4 is 5.97 Å². The predicted molar refractivity (Wildman–Crippen MR) is 103 cm³/mol. The first-order valence-corrected chi connectivity index (χ1v) is 9.36. The monoisotopic (exact) mass is 353 g/mol. The Balaban J connectivity index is 2.09. The van der Waals surface area contributed by atoms with Crippen LogP contribution in [0.1, 0.15) is 48.9 Å². The Hall–Kier alpha value is -2.33. The molecule has 1 aliphatic heterocycles. The summed E-state index contributed by atoms with van der Waals surface area (Å²) in [4.78, 5) is 14.0. The standard InChI is InChI=1S/C22H27NO3/c1-3-16-11-13-17(14-12-16)21(18-8-4-5-10-20(18)26-2)23-15-7-6-9-19(23)22(24)25/h4-5,8,10-14,19,21H,3,6-7,9,15H2,1-2H3,(H,24,25). The lowest BCUT2D eigenvalue weighted by Crippen LogP contribution is -2.46. The molecule has 3 rings (SSSR count). The highest BCUT2D eigenvalue weighted by Crippen LogP contribution is 2.38. The number of hydrogen-bond acceptors (Lipinski definition) is 3. The summed E-state index contributed by atoms with van der Waals surface area (Å²) >= 11 is 0. The summed E-state index contributed by atoms with van der Waals surface area (Å²) in [5, 5.41) is 9.79. The maximum atomic E-state index is 11.9. The van der Waals surface area contributed by atoms with Crippen molar-refractivity contribution in [3.63, 3.8) is 0 Å². The maximum absolute atomic E-state index is 11.9. The molecule has 1 aliphatic rings. The average Bonchev–Trinajstić information content (AvgIpc) is 2.69. The van der Waals surface area contributed by atoms with Crippen molar-refractivity contribution in [1.29, 1.82) is 0 Å². The topological polar surface area (TPSA) is 49.8 Å². The Morgan fingerprint density at radius 2 is 1.92 bits per heavy atom. The van der Waals surface area contributed by atoms with Crippen molar-refractivity contribution in [3.05, 3.63) is 65.2 Å². The highest BCUT2D eigenvalue weighted by atomic mass is 16.5. The summed E-state index contributed by atoms with van der Waals surface area (Å²) < 4.78 is 5.61. The zero-order chi connectivity index (χ0) is 18.5. The summed E-state index contributed by atoms with van der Waals surface area (Å²) in [6.07, 6.45) is 3.65. The molecule has 0 amide bonds. The number of hydrogen-bond donors (Lipinski definition) is 1. The lowest BCUT2D eigenvalue weighted by molar-refractivity contribution is -0.145. The molecule has 2 aromatic carbocycles. The van der Waals surface area contributed by atoms with Gasteiger partial charge in [0.1, 0.15) is 11.8 Å². The van der Waals surface area contributed by atoms with Gasteiger partial charge >= 0.3 is 5.97 Å². The number of piperidine rings is 1. The molecule has 4 nitrogen and oxygen atoms in total. The number of aliphatic carboxylic acids is 1. The van der Waals surface area contributed by atoms with Crippen LogP contribution < -0.4 is 4.74 Å². The van der Waals surface area contributed by atoms with Gasteiger partial charge in [0.2, 0.25) is 0 Å². The lowest BCUT2D eigenvalue weighted by Gasteiger charge is -2.40. The van der Waals surface area contributed by atoms with Crippen molar-refractivity contribution in [1.82, 2.24) is 4.90 Å². The molecule has 0 bridgehead atoms. The molecule has 2 aromatic rings. The number of ether oxygens (including phenoxy) is 1. The number of carboxylic acids is 1. The Morgan fingerprint density at radius 3 is 2.58 bits per heavy atom. The number of methoxy groups -OCH3 is 1. The molecule has 1 heterocycles. The molecule has 0 aliphatic carbocycles. The second kappa shape index (κ2) is 8.37. The van der Waals surface area contributed by atoms with Gasteiger partial charge in [-0.15, -0.1) is 0 Å². The number of carboxylic acid groups (broad SMARTS) is 1. The predicted octanol–water partition coefficient (Wildman–Crippen LogP) is 4.29. The SMILES string of the molecule is CCc1ccc(C(c2ccccc2OC)N2CCCCC2C(=O)O)cc1. The highest BCUT2D eigenvalue weighted by molar-refractivity contribution is 5.73. The van der Waals surface area contributed by atoms with Crippen LogP contribution in [0, 0.1) is 0 Å². The van der Waals surface area contributed by atoms with Crippen LogP contribution in [0.2, 0.25) is 0 Å². The minimum absolute atomic E-state index is 0.126. The third-order valence-electron chi connectivity index (χ3n) is 5.30. The molecule has 1 N–H and O–H groups in total. The van der Waals surface area contributed by atoms with E-state index in [9.17, 15) is 9.90 Å². The van der Waals surface area contributed by atoms with Crippen molar-refractivity contribution < 1.29 is 14.6 Å². The zero-order valence-corrected chi connectivity index (χ0v) is 15.5. The Labute approximate surface area is 155 Å². The van der Waals surface area contributed by atoms with E-state index in [0.29, 0.717) is 6.42 Å². The van der Waals surface area contributed by atoms with E-state index in [0.717, 1.165) is 42.7 Å². The number of likely N-dealkylation sites (tertiary alicyclic amines) is 1. The van der Waals surface area contributed by atoms with E-state index in [1.807, 2.05) is 24.3 Å². The number of nitrogens with zero attached hydrogens (tertiary/aromatic N) is 1. The molecule has 0 saturated carbocycles. The van der Waals surface area contributed by atoms with Gasteiger partial charge in [0, 0.05) is 5.56 Å². The molecular weight excluding hydrogens is 326 g/mol. The summed E-state index contributed by atoms with van der Waals surface area (Å²) in [7, 11) is 1.67. The van der Waals surface area contributed by atoms with Crippen LogP contribution in [-0.4, -0.2) is 35.7 Å².